The fourth-order valence-corrected chi connectivity index (χ4v) is 3.41. The number of hydrogen-bond donors (Lipinski definition) is 0. The highest BCUT2D eigenvalue weighted by Gasteiger charge is 2.31. The van der Waals surface area contributed by atoms with Crippen molar-refractivity contribution in [3.05, 3.63) is 40.3 Å². The number of benzene rings is 1. The lowest BCUT2D eigenvalue weighted by Gasteiger charge is -2.07. The molecule has 0 aliphatic heterocycles. The summed E-state index contributed by atoms with van der Waals surface area (Å²) in [5, 5.41) is 11.3. The number of nitriles is 1. The molecule has 4 rings (SSSR count). The number of aromatic nitrogens is 1. The van der Waals surface area contributed by atoms with Gasteiger partial charge in [0.1, 0.15) is 11.6 Å². The summed E-state index contributed by atoms with van der Waals surface area (Å²) < 4.78 is 20.5. The third-order valence-corrected chi connectivity index (χ3v) is 4.74. The van der Waals surface area contributed by atoms with E-state index in [1.165, 1.54) is 11.3 Å². The highest BCUT2D eigenvalue weighted by molar-refractivity contribution is 7.13. The molecule has 5 heteroatoms. The Bertz CT molecular complexity index is 886. The van der Waals surface area contributed by atoms with Crippen LogP contribution in [0.15, 0.2) is 21.9 Å². The van der Waals surface area contributed by atoms with Crippen molar-refractivity contribution in [2.24, 2.45) is 0 Å². The van der Waals surface area contributed by atoms with Crippen molar-refractivity contribution in [1.29, 1.82) is 5.26 Å². The predicted octanol–water partition coefficient (Wildman–Crippen LogP) is 4.75. The lowest BCUT2D eigenvalue weighted by atomic mass is 9.99. The molecule has 0 bridgehead atoms. The average Bonchev–Trinajstić information content (AvgIpc) is 3.00. The van der Waals surface area contributed by atoms with Crippen LogP contribution >= 0.6 is 11.3 Å². The summed E-state index contributed by atoms with van der Waals surface area (Å²) in [5.41, 5.74) is 1.95. The molecule has 104 valence electrons. The first-order chi connectivity index (χ1) is 10.2. The summed E-state index contributed by atoms with van der Waals surface area (Å²) in [4.78, 5) is 5.16. The Hall–Kier alpha value is -2.19. The average molecular weight is 298 g/mol. The predicted molar refractivity (Wildman–Crippen MR) is 78.7 cm³/mol. The number of rotatable bonds is 2. The summed E-state index contributed by atoms with van der Waals surface area (Å²) >= 11 is 1.45. The van der Waals surface area contributed by atoms with Crippen LogP contribution in [0, 0.1) is 24.1 Å². The van der Waals surface area contributed by atoms with Crippen LogP contribution in [0.25, 0.3) is 21.5 Å². The Morgan fingerprint density at radius 1 is 1.48 bits per heavy atom. The topological polar surface area (TPSA) is 49.8 Å². The van der Waals surface area contributed by atoms with Crippen LogP contribution in [0.1, 0.15) is 35.8 Å². The van der Waals surface area contributed by atoms with E-state index in [1.807, 2.05) is 17.5 Å². The van der Waals surface area contributed by atoms with E-state index < -0.39 is 5.82 Å². The van der Waals surface area contributed by atoms with Crippen molar-refractivity contribution < 1.29 is 8.81 Å². The Kier molecular flexibility index (Phi) is 2.63. The van der Waals surface area contributed by atoms with Gasteiger partial charge in [-0.05, 0) is 36.8 Å². The summed E-state index contributed by atoms with van der Waals surface area (Å²) in [6.07, 6.45) is 2.04. The van der Waals surface area contributed by atoms with Gasteiger partial charge in [-0.2, -0.15) is 5.26 Å². The van der Waals surface area contributed by atoms with E-state index in [1.54, 1.807) is 6.92 Å². The third-order valence-electron chi connectivity index (χ3n) is 3.86. The number of oxazole rings is 1. The second kappa shape index (κ2) is 4.40. The fourth-order valence-electron chi connectivity index (χ4n) is 2.59. The van der Waals surface area contributed by atoms with Crippen molar-refractivity contribution in [2.45, 2.75) is 25.7 Å². The van der Waals surface area contributed by atoms with Crippen LogP contribution in [0.3, 0.4) is 0 Å². The van der Waals surface area contributed by atoms with Crippen molar-refractivity contribution in [2.75, 3.05) is 0 Å². The molecule has 0 radical (unpaired) electrons. The minimum atomic E-state index is -0.414. The SMILES string of the molecule is Cc1c(-c2cccs2)c(F)c2oc(C3CC3)nc2c1C#N. The molecule has 1 aliphatic rings. The molecule has 0 atom stereocenters. The summed E-state index contributed by atoms with van der Waals surface area (Å²) in [6.45, 7) is 1.77. The maximum atomic E-state index is 14.9. The highest BCUT2D eigenvalue weighted by atomic mass is 32.1. The molecular formula is C16H11FN2OS. The molecule has 0 saturated heterocycles. The molecule has 1 saturated carbocycles. The van der Waals surface area contributed by atoms with Gasteiger partial charge in [-0.3, -0.25) is 0 Å². The van der Waals surface area contributed by atoms with Crippen LogP contribution in [0.4, 0.5) is 4.39 Å². The van der Waals surface area contributed by atoms with Gasteiger partial charge in [0.15, 0.2) is 17.3 Å². The van der Waals surface area contributed by atoms with Crippen LogP contribution in [-0.2, 0) is 0 Å². The van der Waals surface area contributed by atoms with E-state index in [9.17, 15) is 9.65 Å². The lowest BCUT2D eigenvalue weighted by Crippen LogP contribution is -1.94. The summed E-state index contributed by atoms with van der Waals surface area (Å²) in [6, 6.07) is 5.87. The monoisotopic (exact) mass is 298 g/mol. The van der Waals surface area contributed by atoms with Gasteiger partial charge in [0.25, 0.3) is 0 Å². The zero-order valence-corrected chi connectivity index (χ0v) is 12.1. The van der Waals surface area contributed by atoms with Crippen molar-refractivity contribution in [1.82, 2.24) is 4.98 Å². The fraction of sp³-hybridized carbons (Fsp3) is 0.250. The molecule has 21 heavy (non-hydrogen) atoms. The first kappa shape index (κ1) is 12.5. The normalized spacial score (nSPS) is 14.5. The Labute approximate surface area is 124 Å². The van der Waals surface area contributed by atoms with Crippen LogP contribution < -0.4 is 0 Å². The first-order valence-corrected chi connectivity index (χ1v) is 7.65. The lowest BCUT2D eigenvalue weighted by molar-refractivity contribution is 0.509. The molecule has 3 aromatic rings. The molecule has 1 aliphatic carbocycles. The van der Waals surface area contributed by atoms with Gasteiger partial charge >= 0.3 is 0 Å². The molecule has 2 heterocycles. The molecule has 0 spiro atoms. The van der Waals surface area contributed by atoms with E-state index in [4.69, 9.17) is 4.42 Å². The van der Waals surface area contributed by atoms with Gasteiger partial charge < -0.3 is 4.42 Å². The minimum Gasteiger partial charge on any atom is -0.437 e. The third kappa shape index (κ3) is 1.79. The zero-order chi connectivity index (χ0) is 14.6. The number of nitrogens with zero attached hydrogens (tertiary/aromatic N) is 2. The largest absolute Gasteiger partial charge is 0.437 e. The number of halogens is 1. The maximum absolute atomic E-state index is 14.9. The van der Waals surface area contributed by atoms with Crippen molar-refractivity contribution in [3.63, 3.8) is 0 Å². The van der Waals surface area contributed by atoms with E-state index in [2.05, 4.69) is 11.1 Å². The van der Waals surface area contributed by atoms with Gasteiger partial charge in [-0.1, -0.05) is 6.07 Å². The standard InChI is InChI=1S/C16H11FN2OS/c1-8-10(7-18)14-15(20-16(19-14)9-4-5-9)13(17)12(8)11-3-2-6-21-11/h2-3,6,9H,4-5H2,1H3. The van der Waals surface area contributed by atoms with Gasteiger partial charge in [0.05, 0.1) is 5.56 Å². The number of thiophene rings is 1. The number of fused-ring (bicyclic) bond motifs is 1. The van der Waals surface area contributed by atoms with Gasteiger partial charge in [0.2, 0.25) is 0 Å². The van der Waals surface area contributed by atoms with Gasteiger partial charge in [-0.25, -0.2) is 9.37 Å². The number of hydrogen-bond acceptors (Lipinski definition) is 4. The maximum Gasteiger partial charge on any atom is 0.198 e. The van der Waals surface area contributed by atoms with Crippen molar-refractivity contribution in [3.8, 4) is 16.5 Å². The van der Waals surface area contributed by atoms with Crippen LogP contribution in [0.5, 0.6) is 0 Å². The van der Waals surface area contributed by atoms with E-state index in [0.29, 0.717) is 28.1 Å². The van der Waals surface area contributed by atoms with E-state index in [0.717, 1.165) is 17.7 Å². The molecule has 0 unspecified atom stereocenters. The Morgan fingerprint density at radius 3 is 2.90 bits per heavy atom. The molecule has 2 aromatic heterocycles. The van der Waals surface area contributed by atoms with Gasteiger partial charge in [-0.15, -0.1) is 11.3 Å². The second-order valence-corrected chi connectivity index (χ2v) is 6.23. The Morgan fingerprint density at radius 2 is 2.29 bits per heavy atom. The minimum absolute atomic E-state index is 0.113. The first-order valence-electron chi connectivity index (χ1n) is 6.77. The molecule has 1 fully saturated rings. The van der Waals surface area contributed by atoms with Crippen LogP contribution in [0.2, 0.25) is 0 Å². The molecule has 0 amide bonds. The molecule has 3 nitrogen and oxygen atoms in total. The quantitative estimate of drug-likeness (QED) is 0.685. The van der Waals surface area contributed by atoms with E-state index >= 15 is 0 Å². The smallest absolute Gasteiger partial charge is 0.198 e. The Balaban J connectivity index is 2.09. The van der Waals surface area contributed by atoms with E-state index in [-0.39, 0.29) is 11.5 Å². The zero-order valence-electron chi connectivity index (χ0n) is 11.3. The molecule has 0 N–H and O–H groups in total. The second-order valence-electron chi connectivity index (χ2n) is 5.28. The van der Waals surface area contributed by atoms with Gasteiger partial charge in [0, 0.05) is 16.4 Å². The summed E-state index contributed by atoms with van der Waals surface area (Å²) in [5.74, 6) is 0.431. The molecular weight excluding hydrogens is 287 g/mol. The highest BCUT2D eigenvalue weighted by Crippen LogP contribution is 2.43. The van der Waals surface area contributed by atoms with Crippen LogP contribution in [-0.4, -0.2) is 4.98 Å². The molecule has 1 aromatic carbocycles. The summed E-state index contributed by atoms with van der Waals surface area (Å²) in [7, 11) is 0. The van der Waals surface area contributed by atoms with Crippen molar-refractivity contribution >= 4 is 22.4 Å².